The molecule has 0 rings (SSSR count). The smallest absolute Gasteiger partial charge is 0.222 e. The van der Waals surface area contributed by atoms with Gasteiger partial charge in [0.05, 0.1) is 0 Å². The average Bonchev–Trinajstić information content (AvgIpc) is 3.08. The van der Waals surface area contributed by atoms with Crippen LogP contribution in [-0.2, 0) is 9.59 Å². The van der Waals surface area contributed by atoms with Crippen LogP contribution in [0.1, 0.15) is 258 Å². The van der Waals surface area contributed by atoms with E-state index in [1.807, 2.05) is 0 Å². The van der Waals surface area contributed by atoms with Gasteiger partial charge in [-0.25, -0.2) is 0 Å². The van der Waals surface area contributed by atoms with Crippen molar-refractivity contribution in [3.8, 4) is 0 Å². The van der Waals surface area contributed by atoms with Gasteiger partial charge in [0.2, 0.25) is 11.8 Å². The predicted octanol–water partition coefficient (Wildman–Crippen LogP) is 14.2. The third-order valence-corrected chi connectivity index (χ3v) is 10.5. The van der Waals surface area contributed by atoms with E-state index in [9.17, 15) is 9.59 Å². The number of nitrogens with two attached hydrogens (primary N) is 1. The summed E-state index contributed by atoms with van der Waals surface area (Å²) in [4.78, 5) is 26.3. The number of amides is 2. The molecule has 0 aliphatic carbocycles. The van der Waals surface area contributed by atoms with Gasteiger partial charge in [-0.05, 0) is 25.7 Å². The summed E-state index contributed by atoms with van der Waals surface area (Å²) >= 11 is 0. The van der Waals surface area contributed by atoms with Gasteiger partial charge in [-0.15, -0.1) is 0 Å². The summed E-state index contributed by atoms with van der Waals surface area (Å²) < 4.78 is 0. The van der Waals surface area contributed by atoms with Crippen LogP contribution >= 0.6 is 0 Å². The van der Waals surface area contributed by atoms with Crippen LogP contribution in [-0.4, -0.2) is 29.8 Å². The molecule has 4 nitrogen and oxygen atoms in total. The molecule has 0 bridgehead atoms. The molecule has 286 valence electrons. The minimum Gasteiger partial charge on any atom is -0.370 e. The molecule has 0 atom stereocenters. The lowest BCUT2D eigenvalue weighted by atomic mass is 10.0. The van der Waals surface area contributed by atoms with Gasteiger partial charge in [-0.3, -0.25) is 9.59 Å². The number of hydrogen-bond donors (Lipinski definition) is 1. The predicted molar refractivity (Wildman–Crippen MR) is 213 cm³/mol. The number of nitrogens with zero attached hydrogens (tertiary/aromatic N) is 1. The van der Waals surface area contributed by atoms with E-state index >= 15 is 0 Å². The molecule has 2 N–H and O–H groups in total. The van der Waals surface area contributed by atoms with Crippen molar-refractivity contribution in [3.63, 3.8) is 0 Å². The summed E-state index contributed by atoms with van der Waals surface area (Å²) in [6.07, 6.45) is 49.0. The molecule has 0 aliphatic rings. The van der Waals surface area contributed by atoms with Crippen molar-refractivity contribution >= 4 is 11.8 Å². The van der Waals surface area contributed by atoms with Gasteiger partial charge in [0.15, 0.2) is 0 Å². The molecule has 0 aromatic rings. The van der Waals surface area contributed by atoms with Gasteiger partial charge < -0.3 is 10.6 Å². The van der Waals surface area contributed by atoms with Crippen molar-refractivity contribution in [1.82, 2.24) is 4.90 Å². The van der Waals surface area contributed by atoms with Crippen LogP contribution in [0.15, 0.2) is 0 Å². The molecule has 0 aromatic carbocycles. The molecule has 0 saturated carbocycles. The Morgan fingerprint density at radius 1 is 0.333 bits per heavy atom. The van der Waals surface area contributed by atoms with Crippen molar-refractivity contribution in [2.24, 2.45) is 5.73 Å². The molecule has 0 radical (unpaired) electrons. The molecular formula is C44H88N2O2. The van der Waals surface area contributed by atoms with Crippen LogP contribution in [0.2, 0.25) is 0 Å². The summed E-state index contributed by atoms with van der Waals surface area (Å²) in [5.74, 6) is 0.230. The number of rotatable bonds is 41. The quantitative estimate of drug-likeness (QED) is 0.0655. The molecule has 0 unspecified atom stereocenters. The first-order valence-corrected chi connectivity index (χ1v) is 22.2. The molecular weight excluding hydrogens is 588 g/mol. The van der Waals surface area contributed by atoms with Gasteiger partial charge in [0.1, 0.15) is 0 Å². The summed E-state index contributed by atoms with van der Waals surface area (Å²) in [6.45, 7) is 6.53. The Kier molecular flexibility index (Phi) is 39.5. The van der Waals surface area contributed by atoms with Crippen molar-refractivity contribution in [2.75, 3.05) is 13.1 Å². The highest BCUT2D eigenvalue weighted by atomic mass is 16.2. The maximum absolute atomic E-state index is 13.2. The average molecular weight is 677 g/mol. The highest BCUT2D eigenvalue weighted by molar-refractivity contribution is 5.76. The third-order valence-electron chi connectivity index (χ3n) is 10.5. The van der Waals surface area contributed by atoms with Crippen LogP contribution < -0.4 is 5.73 Å². The van der Waals surface area contributed by atoms with Gasteiger partial charge in [0, 0.05) is 25.9 Å². The first kappa shape index (κ1) is 46.9. The fourth-order valence-electron chi connectivity index (χ4n) is 7.15. The van der Waals surface area contributed by atoms with Crippen molar-refractivity contribution in [2.45, 2.75) is 258 Å². The number of primary amides is 1. The summed E-state index contributed by atoms with van der Waals surface area (Å²) in [5.41, 5.74) is 5.23. The van der Waals surface area contributed by atoms with E-state index < -0.39 is 0 Å². The van der Waals surface area contributed by atoms with Gasteiger partial charge in [-0.1, -0.05) is 219 Å². The zero-order valence-corrected chi connectivity index (χ0v) is 33.1. The molecule has 0 fully saturated rings. The fraction of sp³-hybridized carbons (Fsp3) is 0.955. The van der Waals surface area contributed by atoms with E-state index in [2.05, 4.69) is 18.7 Å². The normalized spacial score (nSPS) is 11.4. The third kappa shape index (κ3) is 37.8. The van der Waals surface area contributed by atoms with E-state index in [0.29, 0.717) is 12.3 Å². The highest BCUT2D eigenvalue weighted by Crippen LogP contribution is 2.16. The zero-order valence-electron chi connectivity index (χ0n) is 33.1. The second-order valence-electron chi connectivity index (χ2n) is 15.4. The zero-order chi connectivity index (χ0) is 35.0. The Hall–Kier alpha value is -1.06. The van der Waals surface area contributed by atoms with Crippen molar-refractivity contribution in [3.05, 3.63) is 0 Å². The summed E-state index contributed by atoms with van der Waals surface area (Å²) in [7, 11) is 0. The van der Waals surface area contributed by atoms with Crippen LogP contribution in [0.25, 0.3) is 0 Å². The topological polar surface area (TPSA) is 63.4 Å². The van der Waals surface area contributed by atoms with E-state index in [1.165, 1.54) is 212 Å². The molecule has 0 aliphatic heterocycles. The van der Waals surface area contributed by atoms with Crippen molar-refractivity contribution in [1.29, 1.82) is 0 Å². The van der Waals surface area contributed by atoms with E-state index in [-0.39, 0.29) is 5.91 Å². The molecule has 0 heterocycles. The Balaban J connectivity index is 4.08. The van der Waals surface area contributed by atoms with E-state index in [0.717, 1.165) is 38.8 Å². The molecule has 2 amide bonds. The Morgan fingerprint density at radius 2 is 0.562 bits per heavy atom. The number of carbonyl (C=O) groups excluding carboxylic acids is 2. The largest absolute Gasteiger partial charge is 0.370 e. The number of hydrogen-bond acceptors (Lipinski definition) is 2. The monoisotopic (exact) mass is 677 g/mol. The fourth-order valence-corrected chi connectivity index (χ4v) is 7.15. The lowest BCUT2D eigenvalue weighted by molar-refractivity contribution is -0.131. The second kappa shape index (κ2) is 40.4. The van der Waals surface area contributed by atoms with Crippen LogP contribution in [0, 0.1) is 0 Å². The molecule has 48 heavy (non-hydrogen) atoms. The van der Waals surface area contributed by atoms with Gasteiger partial charge in [-0.2, -0.15) is 0 Å². The number of carbonyl (C=O) groups is 2. The maximum Gasteiger partial charge on any atom is 0.222 e. The summed E-state index contributed by atoms with van der Waals surface area (Å²) in [6, 6.07) is 0. The van der Waals surface area contributed by atoms with E-state index in [4.69, 9.17) is 5.73 Å². The Bertz CT molecular complexity index is 620. The van der Waals surface area contributed by atoms with Gasteiger partial charge >= 0.3 is 0 Å². The molecule has 0 aromatic heterocycles. The van der Waals surface area contributed by atoms with Crippen LogP contribution in [0.3, 0.4) is 0 Å². The first-order chi connectivity index (χ1) is 23.6. The lowest BCUT2D eigenvalue weighted by Crippen LogP contribution is -2.32. The van der Waals surface area contributed by atoms with Gasteiger partial charge in [0.25, 0.3) is 0 Å². The van der Waals surface area contributed by atoms with Crippen LogP contribution in [0.4, 0.5) is 0 Å². The molecule has 4 heteroatoms. The molecule has 0 spiro atoms. The minimum absolute atomic E-state index is 0.178. The minimum atomic E-state index is -0.178. The van der Waals surface area contributed by atoms with E-state index in [1.54, 1.807) is 0 Å². The lowest BCUT2D eigenvalue weighted by Gasteiger charge is -2.23. The Morgan fingerprint density at radius 3 is 0.833 bits per heavy atom. The SMILES string of the molecule is CCCCCCCCCCCCCCCCN(CCCCCCCCCCCCCCCC)C(=O)CCCCCCCCCCC(N)=O. The van der Waals surface area contributed by atoms with Crippen molar-refractivity contribution < 1.29 is 9.59 Å². The second-order valence-corrected chi connectivity index (χ2v) is 15.4. The molecule has 0 saturated heterocycles. The summed E-state index contributed by atoms with van der Waals surface area (Å²) in [5, 5.41) is 0. The highest BCUT2D eigenvalue weighted by Gasteiger charge is 2.12. The van der Waals surface area contributed by atoms with Crippen LogP contribution in [0.5, 0.6) is 0 Å². The standard InChI is InChI=1S/C44H88N2O2/c1-3-5-7-9-11-13-15-17-19-21-25-29-33-37-41-46(44(48)40-36-32-28-24-23-27-31-35-39-43(45)47)42-38-34-30-26-22-20-18-16-14-12-10-8-6-4-2/h3-42H2,1-2H3,(H2,45,47). The first-order valence-electron chi connectivity index (χ1n) is 22.2. The Labute approximate surface area is 302 Å². The maximum atomic E-state index is 13.2. The number of unbranched alkanes of at least 4 members (excludes halogenated alkanes) is 33.